The molecule has 0 aliphatic carbocycles. The van der Waals surface area contributed by atoms with Crippen LogP contribution in [0.15, 0.2) is 30.4 Å². The standard InChI is InChI=1S/C19H30NO6P/c1-15(2)8-6-4-5-7-9-19(21)20-13-16-10-11-17(18(12-16)24-3)25-14-26-27(22)23/h6,8,10-12,15,22-23H,4-5,7,9,13-14H2,1-3H3,(H,20,21)/b8-6+. The number of rotatable bonds is 13. The van der Waals surface area contributed by atoms with E-state index in [9.17, 15) is 4.79 Å². The lowest BCUT2D eigenvalue weighted by Gasteiger charge is -2.13. The summed E-state index contributed by atoms with van der Waals surface area (Å²) in [4.78, 5) is 29.3. The quantitative estimate of drug-likeness (QED) is 0.203. The van der Waals surface area contributed by atoms with Crippen molar-refractivity contribution >= 4 is 14.5 Å². The van der Waals surface area contributed by atoms with E-state index in [0.717, 1.165) is 24.8 Å². The Balaban J connectivity index is 2.35. The van der Waals surface area contributed by atoms with Gasteiger partial charge in [0.1, 0.15) is 0 Å². The van der Waals surface area contributed by atoms with Gasteiger partial charge in [-0.1, -0.05) is 32.1 Å². The average molecular weight is 399 g/mol. The summed E-state index contributed by atoms with van der Waals surface area (Å²) in [6, 6.07) is 5.24. The number of allylic oxidation sites excluding steroid dienone is 2. The van der Waals surface area contributed by atoms with Gasteiger partial charge in [0.05, 0.1) is 7.11 Å². The normalized spacial score (nSPS) is 11.4. The number of ether oxygens (including phenoxy) is 2. The second kappa shape index (κ2) is 13.5. The highest BCUT2D eigenvalue weighted by atomic mass is 31.2. The number of carbonyl (C=O) groups is 1. The highest BCUT2D eigenvalue weighted by Crippen LogP contribution is 2.30. The van der Waals surface area contributed by atoms with E-state index in [1.54, 1.807) is 18.2 Å². The van der Waals surface area contributed by atoms with Crippen LogP contribution in [-0.4, -0.2) is 29.6 Å². The van der Waals surface area contributed by atoms with Crippen molar-refractivity contribution in [3.63, 3.8) is 0 Å². The summed E-state index contributed by atoms with van der Waals surface area (Å²) < 4.78 is 15.1. The van der Waals surface area contributed by atoms with Gasteiger partial charge in [-0.15, -0.1) is 0 Å². The molecule has 0 heterocycles. The molecule has 0 radical (unpaired) electrons. The smallest absolute Gasteiger partial charge is 0.330 e. The van der Waals surface area contributed by atoms with Gasteiger partial charge in [0.2, 0.25) is 5.91 Å². The molecule has 152 valence electrons. The van der Waals surface area contributed by atoms with Gasteiger partial charge in [-0.2, -0.15) is 0 Å². The van der Waals surface area contributed by atoms with Crippen molar-refractivity contribution in [2.75, 3.05) is 13.9 Å². The minimum absolute atomic E-state index is 0.0229. The number of benzene rings is 1. The largest absolute Gasteiger partial charge is 0.493 e. The molecule has 1 aromatic rings. The molecule has 0 saturated heterocycles. The van der Waals surface area contributed by atoms with E-state index in [1.807, 2.05) is 0 Å². The Morgan fingerprint density at radius 1 is 1.26 bits per heavy atom. The zero-order chi connectivity index (χ0) is 20.1. The van der Waals surface area contributed by atoms with Gasteiger partial charge >= 0.3 is 8.60 Å². The molecule has 0 bridgehead atoms. The van der Waals surface area contributed by atoms with Crippen LogP contribution in [0.25, 0.3) is 0 Å². The van der Waals surface area contributed by atoms with Gasteiger partial charge in [-0.3, -0.25) is 9.32 Å². The zero-order valence-corrected chi connectivity index (χ0v) is 17.1. The Kier molecular flexibility index (Phi) is 11.7. The van der Waals surface area contributed by atoms with Crippen LogP contribution in [0.1, 0.15) is 45.1 Å². The van der Waals surface area contributed by atoms with E-state index in [-0.39, 0.29) is 12.7 Å². The maximum absolute atomic E-state index is 11.9. The summed E-state index contributed by atoms with van der Waals surface area (Å²) in [6.45, 7) is 4.40. The number of hydrogen-bond donors (Lipinski definition) is 3. The van der Waals surface area contributed by atoms with Crippen LogP contribution in [0.3, 0.4) is 0 Å². The Hall–Kier alpha value is -1.66. The number of carbonyl (C=O) groups excluding carboxylic acids is 1. The minimum atomic E-state index is -2.46. The summed E-state index contributed by atoms with van der Waals surface area (Å²) in [5.41, 5.74) is 0.875. The molecule has 0 unspecified atom stereocenters. The van der Waals surface area contributed by atoms with Crippen LogP contribution in [-0.2, 0) is 15.9 Å². The van der Waals surface area contributed by atoms with E-state index in [0.29, 0.717) is 30.4 Å². The van der Waals surface area contributed by atoms with Crippen molar-refractivity contribution in [1.82, 2.24) is 5.32 Å². The van der Waals surface area contributed by atoms with E-state index in [4.69, 9.17) is 19.3 Å². The molecule has 8 heteroatoms. The fourth-order valence-corrected chi connectivity index (χ4v) is 2.43. The highest BCUT2D eigenvalue weighted by Gasteiger charge is 2.08. The third-order valence-electron chi connectivity index (χ3n) is 3.65. The number of unbranched alkanes of at least 4 members (excludes halogenated alkanes) is 2. The van der Waals surface area contributed by atoms with Crippen molar-refractivity contribution in [3.05, 3.63) is 35.9 Å². The lowest BCUT2D eigenvalue weighted by Crippen LogP contribution is -2.22. The molecule has 1 rings (SSSR count). The van der Waals surface area contributed by atoms with Crippen LogP contribution < -0.4 is 14.8 Å². The fraction of sp³-hybridized carbons (Fsp3) is 0.526. The van der Waals surface area contributed by atoms with Gasteiger partial charge in [0.25, 0.3) is 0 Å². The summed E-state index contributed by atoms with van der Waals surface area (Å²) in [5.74, 6) is 1.48. The maximum atomic E-state index is 11.9. The molecule has 27 heavy (non-hydrogen) atoms. The minimum Gasteiger partial charge on any atom is -0.493 e. The zero-order valence-electron chi connectivity index (χ0n) is 16.2. The van der Waals surface area contributed by atoms with Crippen molar-refractivity contribution < 1.29 is 28.6 Å². The van der Waals surface area contributed by atoms with Crippen LogP contribution in [0.4, 0.5) is 0 Å². The Bertz CT molecular complexity index is 592. The van der Waals surface area contributed by atoms with Gasteiger partial charge in [-0.25, -0.2) is 0 Å². The molecule has 7 nitrogen and oxygen atoms in total. The molecule has 0 aromatic heterocycles. The maximum Gasteiger partial charge on any atom is 0.330 e. The summed E-state index contributed by atoms with van der Waals surface area (Å²) in [7, 11) is -0.955. The molecule has 0 aliphatic heterocycles. The molecule has 1 amide bonds. The first-order chi connectivity index (χ1) is 12.9. The predicted molar refractivity (Wildman–Crippen MR) is 105 cm³/mol. The fourth-order valence-electron chi connectivity index (χ4n) is 2.28. The summed E-state index contributed by atoms with van der Waals surface area (Å²) in [5, 5.41) is 2.90. The van der Waals surface area contributed by atoms with Gasteiger partial charge in [-0.05, 0) is 42.9 Å². The Morgan fingerprint density at radius 3 is 2.70 bits per heavy atom. The van der Waals surface area contributed by atoms with E-state index in [2.05, 4.69) is 35.8 Å². The van der Waals surface area contributed by atoms with E-state index >= 15 is 0 Å². The number of hydrogen-bond acceptors (Lipinski definition) is 6. The highest BCUT2D eigenvalue weighted by molar-refractivity contribution is 7.39. The third-order valence-corrected chi connectivity index (χ3v) is 3.98. The van der Waals surface area contributed by atoms with Crippen molar-refractivity contribution in [2.24, 2.45) is 5.92 Å². The van der Waals surface area contributed by atoms with Crippen LogP contribution >= 0.6 is 8.60 Å². The second-order valence-corrected chi connectivity index (χ2v) is 7.09. The number of methoxy groups -OCH3 is 1. The Morgan fingerprint density at radius 2 is 2.04 bits per heavy atom. The topological polar surface area (TPSA) is 97.3 Å². The molecular formula is C19H30NO6P. The molecule has 3 N–H and O–H groups in total. The van der Waals surface area contributed by atoms with Crippen molar-refractivity contribution in [3.8, 4) is 11.5 Å². The summed E-state index contributed by atoms with van der Waals surface area (Å²) in [6.07, 6.45) is 7.73. The van der Waals surface area contributed by atoms with Gasteiger partial charge in [0, 0.05) is 13.0 Å². The van der Waals surface area contributed by atoms with Crippen molar-refractivity contribution in [1.29, 1.82) is 0 Å². The first-order valence-corrected chi connectivity index (χ1v) is 10.1. The molecule has 0 aliphatic rings. The molecule has 0 fully saturated rings. The Labute approximate surface area is 162 Å². The molecule has 0 saturated carbocycles. The van der Waals surface area contributed by atoms with Crippen LogP contribution in [0.2, 0.25) is 0 Å². The SMILES string of the molecule is COc1cc(CNC(=O)CCCC/C=C/C(C)C)ccc1OCOP(O)O. The summed E-state index contributed by atoms with van der Waals surface area (Å²) >= 11 is 0. The molecular weight excluding hydrogens is 369 g/mol. The van der Waals surface area contributed by atoms with Crippen LogP contribution in [0, 0.1) is 5.92 Å². The second-order valence-electron chi connectivity index (χ2n) is 6.32. The lowest BCUT2D eigenvalue weighted by molar-refractivity contribution is -0.121. The van der Waals surface area contributed by atoms with Crippen molar-refractivity contribution in [2.45, 2.75) is 46.1 Å². The predicted octanol–water partition coefficient (Wildman–Crippen LogP) is 3.65. The molecule has 1 aromatic carbocycles. The van der Waals surface area contributed by atoms with E-state index < -0.39 is 8.60 Å². The lowest BCUT2D eigenvalue weighted by atomic mass is 10.1. The number of amides is 1. The van der Waals surface area contributed by atoms with E-state index in [1.165, 1.54) is 7.11 Å². The first-order valence-electron chi connectivity index (χ1n) is 8.96. The molecule has 0 atom stereocenters. The van der Waals surface area contributed by atoms with Gasteiger partial charge < -0.3 is 24.6 Å². The monoisotopic (exact) mass is 399 g/mol. The average Bonchev–Trinajstić information content (AvgIpc) is 2.63. The number of nitrogens with one attached hydrogen (secondary N) is 1. The first kappa shape index (κ1) is 23.4. The van der Waals surface area contributed by atoms with Gasteiger partial charge in [0.15, 0.2) is 18.3 Å². The third kappa shape index (κ3) is 10.9. The molecule has 0 spiro atoms. The van der Waals surface area contributed by atoms with Crippen LogP contribution in [0.5, 0.6) is 11.5 Å².